The summed E-state index contributed by atoms with van der Waals surface area (Å²) in [5, 5.41) is 4.91. The van der Waals surface area contributed by atoms with Crippen LogP contribution >= 0.6 is 11.6 Å². The summed E-state index contributed by atoms with van der Waals surface area (Å²) in [7, 11) is 0. The van der Waals surface area contributed by atoms with Gasteiger partial charge >= 0.3 is 5.97 Å². The summed E-state index contributed by atoms with van der Waals surface area (Å²) in [6.45, 7) is -1.13. The van der Waals surface area contributed by atoms with Gasteiger partial charge in [0.15, 0.2) is 18.4 Å². The molecule has 2 rings (SSSR count). The second kappa shape index (κ2) is 10.00. The number of rotatable bonds is 8. The number of pyridine rings is 1. The molecular weight excluding hydrogens is 362 g/mol. The van der Waals surface area contributed by atoms with Crippen molar-refractivity contribution in [3.05, 3.63) is 53.8 Å². The summed E-state index contributed by atoms with van der Waals surface area (Å²) in [5.74, 6) is -1.29. The van der Waals surface area contributed by atoms with E-state index in [0.29, 0.717) is 11.4 Å². The Kier molecular flexibility index (Phi) is 7.38. The van der Waals surface area contributed by atoms with E-state index >= 15 is 0 Å². The highest BCUT2D eigenvalue weighted by atomic mass is 35.5. The molecule has 9 heteroatoms. The van der Waals surface area contributed by atoms with Crippen molar-refractivity contribution in [2.45, 2.75) is 0 Å². The van der Waals surface area contributed by atoms with Crippen molar-refractivity contribution in [3.63, 3.8) is 0 Å². The minimum Gasteiger partial charge on any atom is -0.484 e. The molecule has 2 N–H and O–H groups in total. The largest absolute Gasteiger partial charge is 0.484 e. The molecule has 8 nitrogen and oxygen atoms in total. The number of para-hydroxylation sites is 1. The van der Waals surface area contributed by atoms with E-state index in [1.807, 2.05) is 6.07 Å². The molecule has 1 aromatic carbocycles. The Hall–Kier alpha value is -3.13. The van der Waals surface area contributed by atoms with Crippen molar-refractivity contribution >= 4 is 35.1 Å². The Balaban J connectivity index is 1.63. The number of esters is 1. The molecule has 0 aliphatic rings. The first-order valence-electron chi connectivity index (χ1n) is 7.55. The van der Waals surface area contributed by atoms with Crippen LogP contribution in [-0.4, -0.2) is 42.5 Å². The number of nitrogens with zero attached hydrogens (tertiary/aromatic N) is 1. The Morgan fingerprint density at radius 2 is 1.77 bits per heavy atom. The standard InChI is InChI=1S/C17H16ClN3O5/c18-17-13(7-4-8-19-17)21-15(23)11-26-16(24)9-20-14(22)10-25-12-5-2-1-3-6-12/h1-8H,9-11H2,(H,20,22)(H,21,23). The van der Waals surface area contributed by atoms with E-state index in [2.05, 4.69) is 15.6 Å². The van der Waals surface area contributed by atoms with Crippen molar-refractivity contribution < 1.29 is 23.9 Å². The molecule has 1 heterocycles. The molecule has 0 saturated heterocycles. The van der Waals surface area contributed by atoms with Gasteiger partial charge in [-0.2, -0.15) is 0 Å². The number of nitrogens with one attached hydrogen (secondary N) is 2. The summed E-state index contributed by atoms with van der Waals surface area (Å²) >= 11 is 5.80. The van der Waals surface area contributed by atoms with Gasteiger partial charge in [-0.05, 0) is 24.3 Å². The highest BCUT2D eigenvalue weighted by Gasteiger charge is 2.11. The van der Waals surface area contributed by atoms with Gasteiger partial charge in [-0.3, -0.25) is 14.4 Å². The molecule has 1 aromatic heterocycles. The van der Waals surface area contributed by atoms with Crippen LogP contribution in [0.1, 0.15) is 0 Å². The minimum atomic E-state index is -0.759. The van der Waals surface area contributed by atoms with Gasteiger partial charge in [0, 0.05) is 6.20 Å². The fraction of sp³-hybridized carbons (Fsp3) is 0.176. The maximum atomic E-state index is 11.7. The molecule has 0 fully saturated rings. The van der Waals surface area contributed by atoms with E-state index in [1.54, 1.807) is 36.4 Å². The SMILES string of the molecule is O=C(COc1ccccc1)NCC(=O)OCC(=O)Nc1cccnc1Cl. The summed E-state index contributed by atoms with van der Waals surface area (Å²) in [6, 6.07) is 11.9. The molecule has 0 spiro atoms. The highest BCUT2D eigenvalue weighted by Crippen LogP contribution is 2.16. The number of carbonyl (C=O) groups is 3. The van der Waals surface area contributed by atoms with Gasteiger partial charge in [0.1, 0.15) is 12.3 Å². The first-order chi connectivity index (χ1) is 12.5. The highest BCUT2D eigenvalue weighted by molar-refractivity contribution is 6.32. The van der Waals surface area contributed by atoms with E-state index in [9.17, 15) is 14.4 Å². The van der Waals surface area contributed by atoms with Crippen molar-refractivity contribution in [1.29, 1.82) is 0 Å². The van der Waals surface area contributed by atoms with Gasteiger partial charge in [-0.15, -0.1) is 0 Å². The molecular formula is C17H16ClN3O5. The summed E-state index contributed by atoms with van der Waals surface area (Å²) in [6.07, 6.45) is 1.47. The lowest BCUT2D eigenvalue weighted by molar-refractivity contribution is -0.147. The number of hydrogen-bond acceptors (Lipinski definition) is 6. The van der Waals surface area contributed by atoms with E-state index in [0.717, 1.165) is 0 Å². The maximum Gasteiger partial charge on any atom is 0.325 e. The molecule has 0 bridgehead atoms. The average molecular weight is 378 g/mol. The molecule has 136 valence electrons. The van der Waals surface area contributed by atoms with Gasteiger partial charge in [0.05, 0.1) is 5.69 Å². The molecule has 0 atom stereocenters. The molecule has 0 aliphatic heterocycles. The summed E-state index contributed by atoms with van der Waals surface area (Å²) in [4.78, 5) is 38.6. The topological polar surface area (TPSA) is 107 Å². The molecule has 2 aromatic rings. The first kappa shape index (κ1) is 19.2. The molecule has 26 heavy (non-hydrogen) atoms. The van der Waals surface area contributed by atoms with Crippen LogP contribution in [0.3, 0.4) is 0 Å². The monoisotopic (exact) mass is 377 g/mol. The number of hydrogen-bond donors (Lipinski definition) is 2. The van der Waals surface area contributed by atoms with Gasteiger partial charge in [0.2, 0.25) is 0 Å². The van der Waals surface area contributed by atoms with Gasteiger partial charge in [-0.25, -0.2) is 4.98 Å². The van der Waals surface area contributed by atoms with E-state index in [4.69, 9.17) is 21.1 Å². The average Bonchev–Trinajstić information content (AvgIpc) is 2.65. The van der Waals surface area contributed by atoms with Crippen molar-refractivity contribution in [3.8, 4) is 5.75 Å². The molecule has 0 saturated carbocycles. The van der Waals surface area contributed by atoms with E-state index in [1.165, 1.54) is 6.20 Å². The van der Waals surface area contributed by atoms with Crippen LogP contribution in [0.5, 0.6) is 5.75 Å². The van der Waals surface area contributed by atoms with Crippen LogP contribution in [0.4, 0.5) is 5.69 Å². The first-order valence-corrected chi connectivity index (χ1v) is 7.93. The maximum absolute atomic E-state index is 11.7. The van der Waals surface area contributed by atoms with Gasteiger partial charge < -0.3 is 20.1 Å². The van der Waals surface area contributed by atoms with Crippen molar-refractivity contribution in [1.82, 2.24) is 10.3 Å². The normalized spacial score (nSPS) is 9.88. The lowest BCUT2D eigenvalue weighted by atomic mass is 10.3. The number of aromatic nitrogens is 1. The molecule has 0 aliphatic carbocycles. The van der Waals surface area contributed by atoms with Crippen molar-refractivity contribution in [2.24, 2.45) is 0 Å². The fourth-order valence-corrected chi connectivity index (χ4v) is 1.92. The van der Waals surface area contributed by atoms with E-state index < -0.39 is 24.4 Å². The quantitative estimate of drug-likeness (QED) is 0.532. The van der Waals surface area contributed by atoms with Crippen LogP contribution in [0.25, 0.3) is 0 Å². The third-order valence-corrected chi connectivity index (χ3v) is 3.24. The number of ether oxygens (including phenoxy) is 2. The zero-order chi connectivity index (χ0) is 18.8. The Labute approximate surface area is 154 Å². The Morgan fingerprint density at radius 1 is 1.00 bits per heavy atom. The van der Waals surface area contributed by atoms with Crippen LogP contribution in [0.15, 0.2) is 48.7 Å². The fourth-order valence-electron chi connectivity index (χ4n) is 1.75. The summed E-state index contributed by atoms with van der Waals surface area (Å²) < 4.78 is 9.99. The smallest absolute Gasteiger partial charge is 0.325 e. The molecule has 2 amide bonds. The molecule has 0 radical (unpaired) electrons. The minimum absolute atomic E-state index is 0.123. The number of halogens is 1. The lowest BCUT2D eigenvalue weighted by Crippen LogP contribution is -2.35. The second-order valence-corrected chi connectivity index (χ2v) is 5.29. The van der Waals surface area contributed by atoms with Crippen LogP contribution < -0.4 is 15.4 Å². The Bertz CT molecular complexity index is 770. The lowest BCUT2D eigenvalue weighted by Gasteiger charge is -2.09. The zero-order valence-electron chi connectivity index (χ0n) is 13.6. The van der Waals surface area contributed by atoms with Crippen LogP contribution in [0, 0.1) is 0 Å². The Morgan fingerprint density at radius 3 is 2.50 bits per heavy atom. The zero-order valence-corrected chi connectivity index (χ0v) is 14.4. The second-order valence-electron chi connectivity index (χ2n) is 4.93. The number of amides is 2. The summed E-state index contributed by atoms with van der Waals surface area (Å²) in [5.41, 5.74) is 0.307. The number of benzene rings is 1. The number of carbonyl (C=O) groups excluding carboxylic acids is 3. The number of anilines is 1. The van der Waals surface area contributed by atoms with Gasteiger partial charge in [-0.1, -0.05) is 29.8 Å². The third-order valence-electron chi connectivity index (χ3n) is 2.94. The molecule has 0 unspecified atom stereocenters. The van der Waals surface area contributed by atoms with E-state index in [-0.39, 0.29) is 18.3 Å². The van der Waals surface area contributed by atoms with Crippen LogP contribution in [-0.2, 0) is 19.1 Å². The third kappa shape index (κ3) is 6.78. The predicted octanol–water partition coefficient (Wildman–Crippen LogP) is 1.41. The van der Waals surface area contributed by atoms with Crippen molar-refractivity contribution in [2.75, 3.05) is 25.1 Å². The predicted molar refractivity (Wildman–Crippen MR) is 93.8 cm³/mol. The van der Waals surface area contributed by atoms with Crippen LogP contribution in [0.2, 0.25) is 5.15 Å². The van der Waals surface area contributed by atoms with Gasteiger partial charge in [0.25, 0.3) is 11.8 Å².